The molecule has 0 aliphatic carbocycles. The van der Waals surface area contributed by atoms with Crippen LogP contribution in [0.5, 0.6) is 0 Å². The van der Waals surface area contributed by atoms with E-state index in [4.69, 9.17) is 5.73 Å². The Balaban J connectivity index is 1.87. The number of pyridine rings is 1. The van der Waals surface area contributed by atoms with Gasteiger partial charge in [0.2, 0.25) is 0 Å². The zero-order chi connectivity index (χ0) is 14.7. The SMILES string of the molecule is CN(Cc1ccnc2ccccc12)c1ccc(CN)cc1. The first-order valence-corrected chi connectivity index (χ1v) is 7.10. The van der Waals surface area contributed by atoms with Gasteiger partial charge in [0.25, 0.3) is 0 Å². The minimum absolute atomic E-state index is 0.582. The Morgan fingerprint density at radius 1 is 1.00 bits per heavy atom. The average Bonchev–Trinajstić information content (AvgIpc) is 2.55. The lowest BCUT2D eigenvalue weighted by Crippen LogP contribution is -2.16. The minimum Gasteiger partial charge on any atom is -0.370 e. The highest BCUT2D eigenvalue weighted by Gasteiger charge is 2.06. The van der Waals surface area contributed by atoms with Crippen LogP contribution in [0.1, 0.15) is 11.1 Å². The number of hydrogen-bond acceptors (Lipinski definition) is 3. The lowest BCUT2D eigenvalue weighted by Gasteiger charge is -2.20. The molecule has 106 valence electrons. The number of anilines is 1. The van der Waals surface area contributed by atoms with Crippen LogP contribution in [0.3, 0.4) is 0 Å². The van der Waals surface area contributed by atoms with Crippen molar-refractivity contribution in [1.82, 2.24) is 4.98 Å². The highest BCUT2D eigenvalue weighted by Crippen LogP contribution is 2.21. The Labute approximate surface area is 125 Å². The molecule has 0 spiro atoms. The van der Waals surface area contributed by atoms with Crippen molar-refractivity contribution in [2.24, 2.45) is 5.73 Å². The van der Waals surface area contributed by atoms with Gasteiger partial charge in [-0.15, -0.1) is 0 Å². The molecule has 0 unspecified atom stereocenters. The quantitative estimate of drug-likeness (QED) is 0.795. The predicted molar refractivity (Wildman–Crippen MR) is 88.2 cm³/mol. The number of benzene rings is 2. The van der Waals surface area contributed by atoms with Gasteiger partial charge in [-0.05, 0) is 35.4 Å². The highest BCUT2D eigenvalue weighted by molar-refractivity contribution is 5.82. The van der Waals surface area contributed by atoms with Crippen molar-refractivity contribution in [3.05, 3.63) is 71.9 Å². The van der Waals surface area contributed by atoms with Crippen LogP contribution in [0.2, 0.25) is 0 Å². The smallest absolute Gasteiger partial charge is 0.0705 e. The highest BCUT2D eigenvalue weighted by atomic mass is 15.1. The molecule has 0 fully saturated rings. The third kappa shape index (κ3) is 2.88. The number of aromatic nitrogens is 1. The zero-order valence-corrected chi connectivity index (χ0v) is 12.2. The standard InChI is InChI=1S/C18H19N3/c1-21(16-8-6-14(12-19)7-9-16)13-15-10-11-20-18-5-3-2-4-17(15)18/h2-11H,12-13,19H2,1H3. The molecule has 2 N–H and O–H groups in total. The summed E-state index contributed by atoms with van der Waals surface area (Å²) in [6, 6.07) is 18.7. The van der Waals surface area contributed by atoms with Crippen LogP contribution < -0.4 is 10.6 Å². The summed E-state index contributed by atoms with van der Waals surface area (Å²) in [5, 5.41) is 1.21. The summed E-state index contributed by atoms with van der Waals surface area (Å²) in [5.41, 5.74) is 10.3. The number of nitrogens with zero attached hydrogens (tertiary/aromatic N) is 2. The normalized spacial score (nSPS) is 10.8. The van der Waals surface area contributed by atoms with Gasteiger partial charge >= 0.3 is 0 Å². The maximum absolute atomic E-state index is 5.64. The van der Waals surface area contributed by atoms with Gasteiger partial charge in [-0.3, -0.25) is 4.98 Å². The van der Waals surface area contributed by atoms with E-state index >= 15 is 0 Å². The number of para-hydroxylation sites is 1. The summed E-state index contributed by atoms with van der Waals surface area (Å²) in [6.45, 7) is 1.43. The molecule has 21 heavy (non-hydrogen) atoms. The third-order valence-corrected chi connectivity index (χ3v) is 3.76. The molecule has 0 saturated heterocycles. The second-order valence-corrected chi connectivity index (χ2v) is 5.21. The van der Waals surface area contributed by atoms with Crippen LogP contribution in [0.4, 0.5) is 5.69 Å². The zero-order valence-electron chi connectivity index (χ0n) is 12.2. The third-order valence-electron chi connectivity index (χ3n) is 3.76. The van der Waals surface area contributed by atoms with Crippen molar-refractivity contribution in [2.75, 3.05) is 11.9 Å². The fraction of sp³-hybridized carbons (Fsp3) is 0.167. The largest absolute Gasteiger partial charge is 0.370 e. The average molecular weight is 277 g/mol. The molecule has 3 heteroatoms. The number of nitrogens with two attached hydrogens (primary N) is 1. The summed E-state index contributed by atoms with van der Waals surface area (Å²) in [5.74, 6) is 0. The van der Waals surface area contributed by atoms with E-state index in [0.717, 1.165) is 17.6 Å². The van der Waals surface area contributed by atoms with Crippen molar-refractivity contribution >= 4 is 16.6 Å². The van der Waals surface area contributed by atoms with Crippen LogP contribution in [0, 0.1) is 0 Å². The second-order valence-electron chi connectivity index (χ2n) is 5.21. The fourth-order valence-corrected chi connectivity index (χ4v) is 2.53. The Hall–Kier alpha value is -2.39. The second kappa shape index (κ2) is 5.94. The van der Waals surface area contributed by atoms with Gasteiger partial charge in [-0.1, -0.05) is 30.3 Å². The van der Waals surface area contributed by atoms with E-state index in [9.17, 15) is 0 Å². The molecule has 0 saturated carbocycles. The molecule has 0 amide bonds. The maximum Gasteiger partial charge on any atom is 0.0705 e. The topological polar surface area (TPSA) is 42.2 Å². The van der Waals surface area contributed by atoms with E-state index in [2.05, 4.69) is 65.5 Å². The van der Waals surface area contributed by atoms with Crippen LogP contribution in [0.25, 0.3) is 10.9 Å². The van der Waals surface area contributed by atoms with Crippen molar-refractivity contribution in [1.29, 1.82) is 0 Å². The molecule has 2 aromatic carbocycles. The van der Waals surface area contributed by atoms with Crippen molar-refractivity contribution in [3.63, 3.8) is 0 Å². The summed E-state index contributed by atoms with van der Waals surface area (Å²) in [4.78, 5) is 6.65. The van der Waals surface area contributed by atoms with E-state index in [-0.39, 0.29) is 0 Å². The molecule has 0 aliphatic rings. The van der Waals surface area contributed by atoms with Gasteiger partial charge in [0.05, 0.1) is 5.52 Å². The lowest BCUT2D eigenvalue weighted by atomic mass is 10.1. The molecule has 3 aromatic rings. The maximum atomic E-state index is 5.64. The molecule has 1 heterocycles. The summed E-state index contributed by atoms with van der Waals surface area (Å²) >= 11 is 0. The summed E-state index contributed by atoms with van der Waals surface area (Å²) in [6.07, 6.45) is 1.88. The predicted octanol–water partition coefficient (Wildman–Crippen LogP) is 3.33. The van der Waals surface area contributed by atoms with Gasteiger partial charge in [0.15, 0.2) is 0 Å². The number of fused-ring (bicyclic) bond motifs is 1. The first-order valence-electron chi connectivity index (χ1n) is 7.10. The fourth-order valence-electron chi connectivity index (χ4n) is 2.53. The Morgan fingerprint density at radius 3 is 2.52 bits per heavy atom. The molecule has 0 aliphatic heterocycles. The first kappa shape index (κ1) is 13.6. The van der Waals surface area contributed by atoms with Gasteiger partial charge in [0, 0.05) is 37.4 Å². The van der Waals surface area contributed by atoms with Crippen LogP contribution in [0.15, 0.2) is 60.8 Å². The number of hydrogen-bond donors (Lipinski definition) is 1. The molecular weight excluding hydrogens is 258 g/mol. The lowest BCUT2D eigenvalue weighted by molar-refractivity contribution is 0.927. The molecule has 3 nitrogen and oxygen atoms in total. The molecule has 3 rings (SSSR count). The van der Waals surface area contributed by atoms with E-state index in [1.54, 1.807) is 0 Å². The number of rotatable bonds is 4. The van der Waals surface area contributed by atoms with Crippen molar-refractivity contribution in [2.45, 2.75) is 13.1 Å². The Morgan fingerprint density at radius 2 is 1.76 bits per heavy atom. The molecule has 0 radical (unpaired) electrons. The molecule has 1 aromatic heterocycles. The molecule has 0 bridgehead atoms. The van der Waals surface area contributed by atoms with Crippen LogP contribution >= 0.6 is 0 Å². The summed E-state index contributed by atoms with van der Waals surface area (Å²) in [7, 11) is 2.10. The van der Waals surface area contributed by atoms with Gasteiger partial charge < -0.3 is 10.6 Å². The van der Waals surface area contributed by atoms with Gasteiger partial charge in [0.1, 0.15) is 0 Å². The van der Waals surface area contributed by atoms with E-state index < -0.39 is 0 Å². The van der Waals surface area contributed by atoms with Crippen LogP contribution in [-0.4, -0.2) is 12.0 Å². The van der Waals surface area contributed by atoms with E-state index in [1.165, 1.54) is 16.6 Å². The van der Waals surface area contributed by atoms with Crippen molar-refractivity contribution in [3.8, 4) is 0 Å². The van der Waals surface area contributed by atoms with E-state index in [0.29, 0.717) is 6.54 Å². The summed E-state index contributed by atoms with van der Waals surface area (Å²) < 4.78 is 0. The molecular formula is C18H19N3. The monoisotopic (exact) mass is 277 g/mol. The van der Waals surface area contributed by atoms with E-state index in [1.807, 2.05) is 12.3 Å². The van der Waals surface area contributed by atoms with Crippen molar-refractivity contribution < 1.29 is 0 Å². The first-order chi connectivity index (χ1) is 10.3. The Kier molecular flexibility index (Phi) is 3.84. The Bertz CT molecular complexity index is 730. The molecule has 0 atom stereocenters. The van der Waals surface area contributed by atoms with Crippen LogP contribution in [-0.2, 0) is 13.1 Å². The minimum atomic E-state index is 0.582. The van der Waals surface area contributed by atoms with Gasteiger partial charge in [-0.25, -0.2) is 0 Å². The van der Waals surface area contributed by atoms with Gasteiger partial charge in [-0.2, -0.15) is 0 Å².